The number of hydrogen-bond acceptors (Lipinski definition) is 3. The summed E-state index contributed by atoms with van der Waals surface area (Å²) in [5, 5.41) is 11.4. The molecule has 0 aliphatic carbocycles. The standard InChI is InChI=1S/C14H19BrFN3O2/c1-9(2)8-19(6-5-13(17)18-21)14(20)11-4-3-10(15)7-12(11)16/h3-4,7,9,21H,5-6,8H2,1-2H3,(H2,17,18). The first-order chi connectivity index (χ1) is 9.85. The van der Waals surface area contributed by atoms with Crippen molar-refractivity contribution in [2.45, 2.75) is 20.3 Å². The topological polar surface area (TPSA) is 78.9 Å². The number of amidine groups is 1. The first kappa shape index (κ1) is 17.4. The molecule has 0 unspecified atom stereocenters. The van der Waals surface area contributed by atoms with E-state index >= 15 is 0 Å². The van der Waals surface area contributed by atoms with Crippen molar-refractivity contribution in [1.29, 1.82) is 0 Å². The van der Waals surface area contributed by atoms with Crippen molar-refractivity contribution in [3.63, 3.8) is 0 Å². The van der Waals surface area contributed by atoms with Crippen LogP contribution in [0.1, 0.15) is 30.6 Å². The Hall–Kier alpha value is -1.63. The Morgan fingerprint density at radius 3 is 2.71 bits per heavy atom. The van der Waals surface area contributed by atoms with Crippen LogP contribution in [-0.2, 0) is 0 Å². The molecular formula is C14H19BrFN3O2. The second kappa shape index (κ2) is 7.97. The highest BCUT2D eigenvalue weighted by Gasteiger charge is 2.20. The van der Waals surface area contributed by atoms with E-state index in [4.69, 9.17) is 10.9 Å². The fourth-order valence-electron chi connectivity index (χ4n) is 1.85. The minimum absolute atomic E-state index is 0.0124. The molecule has 0 atom stereocenters. The van der Waals surface area contributed by atoms with Crippen molar-refractivity contribution in [2.75, 3.05) is 13.1 Å². The lowest BCUT2D eigenvalue weighted by Gasteiger charge is -2.24. The van der Waals surface area contributed by atoms with E-state index in [0.717, 1.165) is 0 Å². The predicted molar refractivity (Wildman–Crippen MR) is 82.9 cm³/mol. The van der Waals surface area contributed by atoms with Crippen LogP contribution in [0.15, 0.2) is 27.8 Å². The molecule has 21 heavy (non-hydrogen) atoms. The summed E-state index contributed by atoms with van der Waals surface area (Å²) in [5.41, 5.74) is 5.43. The first-order valence-corrected chi connectivity index (χ1v) is 7.35. The van der Waals surface area contributed by atoms with Gasteiger partial charge in [0.1, 0.15) is 11.7 Å². The maximum Gasteiger partial charge on any atom is 0.256 e. The molecule has 0 spiro atoms. The van der Waals surface area contributed by atoms with Gasteiger partial charge in [0, 0.05) is 24.0 Å². The van der Waals surface area contributed by atoms with Crippen LogP contribution >= 0.6 is 15.9 Å². The molecular weight excluding hydrogens is 341 g/mol. The maximum atomic E-state index is 13.9. The Balaban J connectivity index is 2.93. The summed E-state index contributed by atoms with van der Waals surface area (Å²) in [4.78, 5) is 13.9. The molecule has 0 saturated heterocycles. The van der Waals surface area contributed by atoms with Crippen LogP contribution in [0, 0.1) is 11.7 Å². The Morgan fingerprint density at radius 2 is 2.19 bits per heavy atom. The highest BCUT2D eigenvalue weighted by atomic mass is 79.9. The van der Waals surface area contributed by atoms with Gasteiger partial charge in [-0.3, -0.25) is 4.79 Å². The Morgan fingerprint density at radius 1 is 1.52 bits per heavy atom. The number of amides is 1. The van der Waals surface area contributed by atoms with Crippen molar-refractivity contribution in [3.05, 3.63) is 34.1 Å². The number of carbonyl (C=O) groups is 1. The third kappa shape index (κ3) is 5.34. The minimum Gasteiger partial charge on any atom is -0.409 e. The Bertz CT molecular complexity index is 535. The average molecular weight is 360 g/mol. The van der Waals surface area contributed by atoms with Crippen LogP contribution in [0.25, 0.3) is 0 Å². The molecule has 1 amide bonds. The third-order valence-corrected chi connectivity index (χ3v) is 3.29. The second-order valence-electron chi connectivity index (χ2n) is 5.11. The van der Waals surface area contributed by atoms with Crippen molar-refractivity contribution < 1.29 is 14.4 Å². The average Bonchev–Trinajstić information content (AvgIpc) is 2.42. The molecule has 1 aromatic rings. The molecule has 0 fully saturated rings. The van der Waals surface area contributed by atoms with Crippen LogP contribution in [0.5, 0.6) is 0 Å². The van der Waals surface area contributed by atoms with E-state index in [1.807, 2.05) is 13.8 Å². The normalized spacial score (nSPS) is 11.8. The molecule has 0 bridgehead atoms. The van der Waals surface area contributed by atoms with Crippen molar-refractivity contribution >= 4 is 27.7 Å². The lowest BCUT2D eigenvalue weighted by atomic mass is 10.1. The Labute approximate surface area is 131 Å². The van der Waals surface area contributed by atoms with Gasteiger partial charge in [0.2, 0.25) is 0 Å². The minimum atomic E-state index is -0.577. The molecule has 3 N–H and O–H groups in total. The number of rotatable bonds is 6. The summed E-state index contributed by atoms with van der Waals surface area (Å²) >= 11 is 3.16. The van der Waals surface area contributed by atoms with Gasteiger partial charge >= 0.3 is 0 Å². The van der Waals surface area contributed by atoms with E-state index in [1.54, 1.807) is 6.07 Å². The molecule has 0 heterocycles. The number of hydrogen-bond donors (Lipinski definition) is 2. The maximum absolute atomic E-state index is 13.9. The third-order valence-electron chi connectivity index (χ3n) is 2.80. The van der Waals surface area contributed by atoms with Crippen LogP contribution in [-0.4, -0.2) is 34.9 Å². The number of nitrogens with two attached hydrogens (primary N) is 1. The lowest BCUT2D eigenvalue weighted by Crippen LogP contribution is -2.37. The quantitative estimate of drug-likeness (QED) is 0.354. The molecule has 0 radical (unpaired) electrons. The van der Waals surface area contributed by atoms with Gasteiger partial charge in [-0.2, -0.15) is 0 Å². The van der Waals surface area contributed by atoms with Gasteiger partial charge in [-0.25, -0.2) is 4.39 Å². The van der Waals surface area contributed by atoms with Gasteiger partial charge in [0.15, 0.2) is 0 Å². The molecule has 0 saturated carbocycles. The molecule has 1 rings (SSSR count). The van der Waals surface area contributed by atoms with E-state index in [9.17, 15) is 9.18 Å². The lowest BCUT2D eigenvalue weighted by molar-refractivity contribution is 0.0736. The summed E-state index contributed by atoms with van der Waals surface area (Å²) in [6.45, 7) is 4.65. The summed E-state index contributed by atoms with van der Waals surface area (Å²) in [6.07, 6.45) is 0.229. The van der Waals surface area contributed by atoms with Gasteiger partial charge in [0.25, 0.3) is 5.91 Å². The van der Waals surface area contributed by atoms with E-state index < -0.39 is 11.7 Å². The molecule has 7 heteroatoms. The Kier molecular flexibility index (Phi) is 6.61. The molecule has 5 nitrogen and oxygen atoms in total. The monoisotopic (exact) mass is 359 g/mol. The van der Waals surface area contributed by atoms with E-state index in [0.29, 0.717) is 11.0 Å². The highest BCUT2D eigenvalue weighted by Crippen LogP contribution is 2.17. The summed E-state index contributed by atoms with van der Waals surface area (Å²) in [6, 6.07) is 4.32. The van der Waals surface area contributed by atoms with E-state index in [-0.39, 0.29) is 30.3 Å². The number of carbonyl (C=O) groups excluding carboxylic acids is 1. The van der Waals surface area contributed by atoms with E-state index in [1.165, 1.54) is 17.0 Å². The fraction of sp³-hybridized carbons (Fsp3) is 0.429. The number of oxime groups is 1. The van der Waals surface area contributed by atoms with Crippen molar-refractivity contribution in [1.82, 2.24) is 4.90 Å². The summed E-state index contributed by atoms with van der Waals surface area (Å²) in [7, 11) is 0. The van der Waals surface area contributed by atoms with Crippen LogP contribution in [0.2, 0.25) is 0 Å². The largest absolute Gasteiger partial charge is 0.409 e. The number of nitrogens with zero attached hydrogens (tertiary/aromatic N) is 2. The molecule has 0 aliphatic heterocycles. The zero-order chi connectivity index (χ0) is 16.0. The SMILES string of the molecule is CC(C)CN(CCC(N)=NO)C(=O)c1ccc(Br)cc1F. The number of benzene rings is 1. The van der Waals surface area contributed by atoms with Crippen LogP contribution in [0.4, 0.5) is 4.39 Å². The summed E-state index contributed by atoms with van der Waals surface area (Å²) in [5.74, 6) is -0.723. The number of halogens is 2. The second-order valence-corrected chi connectivity index (χ2v) is 6.03. The zero-order valence-corrected chi connectivity index (χ0v) is 13.6. The predicted octanol–water partition coefficient (Wildman–Crippen LogP) is 2.82. The van der Waals surface area contributed by atoms with Gasteiger partial charge < -0.3 is 15.8 Å². The van der Waals surface area contributed by atoms with Crippen molar-refractivity contribution in [3.8, 4) is 0 Å². The van der Waals surface area contributed by atoms with Crippen molar-refractivity contribution in [2.24, 2.45) is 16.8 Å². The van der Waals surface area contributed by atoms with Gasteiger partial charge in [-0.05, 0) is 24.1 Å². The van der Waals surface area contributed by atoms with Gasteiger partial charge in [-0.15, -0.1) is 0 Å². The molecule has 116 valence electrons. The zero-order valence-electron chi connectivity index (χ0n) is 12.0. The first-order valence-electron chi connectivity index (χ1n) is 6.55. The van der Waals surface area contributed by atoms with Crippen LogP contribution in [0.3, 0.4) is 0 Å². The smallest absolute Gasteiger partial charge is 0.256 e. The summed E-state index contributed by atoms with van der Waals surface area (Å²) < 4.78 is 14.5. The van der Waals surface area contributed by atoms with E-state index in [2.05, 4.69) is 21.1 Å². The highest BCUT2D eigenvalue weighted by molar-refractivity contribution is 9.10. The fourth-order valence-corrected chi connectivity index (χ4v) is 2.18. The molecule has 0 aliphatic rings. The van der Waals surface area contributed by atoms with Crippen LogP contribution < -0.4 is 5.73 Å². The van der Waals surface area contributed by atoms with Gasteiger partial charge in [0.05, 0.1) is 5.56 Å². The van der Waals surface area contributed by atoms with Gasteiger partial charge in [-0.1, -0.05) is 34.9 Å². The molecule has 0 aromatic heterocycles. The molecule has 1 aromatic carbocycles.